The number of aryl methyl sites for hydroxylation is 1. The van der Waals surface area contributed by atoms with E-state index in [1.165, 1.54) is 10.9 Å². The summed E-state index contributed by atoms with van der Waals surface area (Å²) in [5, 5.41) is 3.71. The van der Waals surface area contributed by atoms with E-state index >= 15 is 0 Å². The maximum atomic E-state index is 12.9. The molecule has 1 N–H and O–H groups in total. The Morgan fingerprint density at radius 1 is 1.24 bits per heavy atom. The van der Waals surface area contributed by atoms with Crippen molar-refractivity contribution in [3.8, 4) is 0 Å². The maximum Gasteiger partial charge on any atom is 0.261 e. The van der Waals surface area contributed by atoms with Crippen LogP contribution in [0.1, 0.15) is 24.0 Å². The number of nitrogens with one attached hydrogen (secondary N) is 1. The summed E-state index contributed by atoms with van der Waals surface area (Å²) in [6.45, 7) is 2.98. The van der Waals surface area contributed by atoms with Gasteiger partial charge in [-0.05, 0) is 49.1 Å². The number of aromatic nitrogens is 2. The average Bonchev–Trinajstić information content (AvgIpc) is 2.71. The van der Waals surface area contributed by atoms with Crippen LogP contribution < -0.4 is 10.9 Å². The van der Waals surface area contributed by atoms with Crippen molar-refractivity contribution >= 4 is 32.7 Å². The van der Waals surface area contributed by atoms with Crippen LogP contribution in [0.3, 0.4) is 0 Å². The summed E-state index contributed by atoms with van der Waals surface area (Å²) in [4.78, 5) is 30.2. The molecule has 150 valence electrons. The molecule has 0 saturated carbocycles. The van der Waals surface area contributed by atoms with E-state index in [4.69, 9.17) is 4.74 Å². The number of para-hydroxylation sites is 1. The monoisotopic (exact) mass is 455 g/mol. The fourth-order valence-electron chi connectivity index (χ4n) is 3.90. The number of amides is 1. The highest BCUT2D eigenvalue weighted by atomic mass is 79.9. The minimum Gasteiger partial charge on any atom is -0.381 e. The largest absolute Gasteiger partial charge is 0.381 e. The standard InChI is InChI=1S/C22H22BrN3O3/c1-15-4-2-7-18-20(15)24-14-26(21(18)28)13-19(27)25-22(8-10-29-11-9-22)16-5-3-6-17(23)12-16/h2-7,12,14H,8-11,13H2,1H3,(H,25,27). The van der Waals surface area contributed by atoms with Crippen molar-refractivity contribution in [1.82, 2.24) is 14.9 Å². The van der Waals surface area contributed by atoms with Gasteiger partial charge in [0, 0.05) is 17.7 Å². The van der Waals surface area contributed by atoms with Crippen LogP contribution in [0.2, 0.25) is 0 Å². The van der Waals surface area contributed by atoms with Gasteiger partial charge in [-0.25, -0.2) is 4.98 Å². The Morgan fingerprint density at radius 3 is 2.76 bits per heavy atom. The van der Waals surface area contributed by atoms with Crippen molar-refractivity contribution in [3.05, 3.63) is 74.7 Å². The summed E-state index contributed by atoms with van der Waals surface area (Å²) in [6.07, 6.45) is 2.81. The third-order valence-corrected chi connectivity index (χ3v) is 5.96. The minimum atomic E-state index is -0.510. The van der Waals surface area contributed by atoms with Crippen molar-refractivity contribution < 1.29 is 9.53 Å². The normalized spacial score (nSPS) is 15.9. The van der Waals surface area contributed by atoms with Gasteiger partial charge in [-0.2, -0.15) is 0 Å². The molecule has 1 aromatic heterocycles. The molecule has 7 heteroatoms. The molecule has 0 radical (unpaired) electrons. The van der Waals surface area contributed by atoms with E-state index in [1.54, 1.807) is 6.07 Å². The molecule has 3 aromatic rings. The van der Waals surface area contributed by atoms with Crippen LogP contribution in [0.15, 0.2) is 58.1 Å². The van der Waals surface area contributed by atoms with Gasteiger partial charge in [0.15, 0.2) is 0 Å². The van der Waals surface area contributed by atoms with Gasteiger partial charge in [-0.15, -0.1) is 0 Å². The van der Waals surface area contributed by atoms with Gasteiger partial charge in [-0.3, -0.25) is 14.2 Å². The molecule has 1 fully saturated rings. The topological polar surface area (TPSA) is 73.2 Å². The molecule has 0 bridgehead atoms. The molecule has 0 atom stereocenters. The number of nitrogens with zero attached hydrogens (tertiary/aromatic N) is 2. The highest BCUT2D eigenvalue weighted by Gasteiger charge is 2.36. The van der Waals surface area contributed by atoms with Crippen molar-refractivity contribution in [1.29, 1.82) is 0 Å². The molecule has 1 aliphatic rings. The van der Waals surface area contributed by atoms with E-state index in [-0.39, 0.29) is 18.0 Å². The lowest BCUT2D eigenvalue weighted by atomic mass is 9.82. The molecule has 2 aromatic carbocycles. The number of carbonyl (C=O) groups excluding carboxylic acids is 1. The Morgan fingerprint density at radius 2 is 2.00 bits per heavy atom. The first-order valence-corrected chi connectivity index (χ1v) is 10.4. The van der Waals surface area contributed by atoms with E-state index in [0.29, 0.717) is 37.0 Å². The number of halogens is 1. The molecule has 6 nitrogen and oxygen atoms in total. The van der Waals surface area contributed by atoms with Crippen LogP contribution in [0.25, 0.3) is 10.9 Å². The number of ether oxygens (including phenoxy) is 1. The molecule has 0 spiro atoms. The second-order valence-corrected chi connectivity index (χ2v) is 8.32. The smallest absolute Gasteiger partial charge is 0.261 e. The molecular formula is C22H22BrN3O3. The second kappa shape index (κ2) is 8.08. The summed E-state index contributed by atoms with van der Waals surface area (Å²) >= 11 is 3.51. The summed E-state index contributed by atoms with van der Waals surface area (Å²) in [5.74, 6) is -0.220. The molecule has 2 heterocycles. The van der Waals surface area contributed by atoms with Crippen molar-refractivity contribution in [2.45, 2.75) is 31.8 Å². The lowest BCUT2D eigenvalue weighted by molar-refractivity contribution is -0.125. The second-order valence-electron chi connectivity index (χ2n) is 7.40. The van der Waals surface area contributed by atoms with E-state index in [9.17, 15) is 9.59 Å². The molecule has 1 amide bonds. The highest BCUT2D eigenvalue weighted by Crippen LogP contribution is 2.33. The van der Waals surface area contributed by atoms with E-state index in [0.717, 1.165) is 15.6 Å². The van der Waals surface area contributed by atoms with Crippen LogP contribution in [-0.2, 0) is 21.6 Å². The van der Waals surface area contributed by atoms with E-state index < -0.39 is 5.54 Å². The number of carbonyl (C=O) groups is 1. The molecule has 29 heavy (non-hydrogen) atoms. The number of hydrogen-bond acceptors (Lipinski definition) is 4. The van der Waals surface area contributed by atoms with Crippen molar-refractivity contribution in [2.24, 2.45) is 0 Å². The lowest BCUT2D eigenvalue weighted by Gasteiger charge is -2.38. The third-order valence-electron chi connectivity index (χ3n) is 5.47. The first-order valence-electron chi connectivity index (χ1n) is 9.58. The Kier molecular flexibility index (Phi) is 5.52. The molecule has 4 rings (SSSR count). The lowest BCUT2D eigenvalue weighted by Crippen LogP contribution is -2.50. The zero-order valence-corrected chi connectivity index (χ0v) is 17.7. The predicted molar refractivity (Wildman–Crippen MR) is 115 cm³/mol. The Bertz CT molecular complexity index is 1120. The zero-order chi connectivity index (χ0) is 20.4. The number of benzene rings is 2. The van der Waals surface area contributed by atoms with Crippen LogP contribution >= 0.6 is 15.9 Å². The zero-order valence-electron chi connectivity index (χ0n) is 16.2. The van der Waals surface area contributed by atoms with Crippen LogP contribution in [-0.4, -0.2) is 28.7 Å². The van der Waals surface area contributed by atoms with Gasteiger partial charge in [0.25, 0.3) is 5.56 Å². The molecule has 0 unspecified atom stereocenters. The fourth-order valence-corrected chi connectivity index (χ4v) is 4.30. The van der Waals surface area contributed by atoms with Crippen LogP contribution in [0.4, 0.5) is 0 Å². The van der Waals surface area contributed by atoms with Gasteiger partial charge in [0.2, 0.25) is 5.91 Å². The van der Waals surface area contributed by atoms with Crippen LogP contribution in [0.5, 0.6) is 0 Å². The van der Waals surface area contributed by atoms with Gasteiger partial charge >= 0.3 is 0 Å². The first-order chi connectivity index (χ1) is 14.0. The summed E-state index contributed by atoms with van der Waals surface area (Å²) < 4.78 is 7.85. The quantitative estimate of drug-likeness (QED) is 0.654. The summed E-state index contributed by atoms with van der Waals surface area (Å²) in [7, 11) is 0. The number of rotatable bonds is 4. The first kappa shape index (κ1) is 19.8. The van der Waals surface area contributed by atoms with E-state index in [1.807, 2.05) is 43.3 Å². The Balaban J connectivity index is 1.62. The van der Waals surface area contributed by atoms with Gasteiger partial charge in [0.05, 0.1) is 22.8 Å². The van der Waals surface area contributed by atoms with Gasteiger partial charge in [0.1, 0.15) is 6.54 Å². The molecule has 1 saturated heterocycles. The number of fused-ring (bicyclic) bond motifs is 1. The Hall–Kier alpha value is -2.51. The summed E-state index contributed by atoms with van der Waals surface area (Å²) in [6, 6.07) is 13.5. The SMILES string of the molecule is Cc1cccc2c(=O)n(CC(=O)NC3(c4cccc(Br)c4)CCOCC3)cnc12. The molecule has 0 aliphatic carbocycles. The maximum absolute atomic E-state index is 12.9. The van der Waals surface area contributed by atoms with E-state index in [2.05, 4.69) is 26.2 Å². The fraction of sp³-hybridized carbons (Fsp3) is 0.318. The van der Waals surface area contributed by atoms with Gasteiger partial charge < -0.3 is 10.1 Å². The third kappa shape index (κ3) is 3.97. The average molecular weight is 456 g/mol. The molecule has 1 aliphatic heterocycles. The van der Waals surface area contributed by atoms with Crippen molar-refractivity contribution in [2.75, 3.05) is 13.2 Å². The number of hydrogen-bond donors (Lipinski definition) is 1. The highest BCUT2D eigenvalue weighted by molar-refractivity contribution is 9.10. The Labute approximate surface area is 177 Å². The molecular weight excluding hydrogens is 434 g/mol. The summed E-state index contributed by atoms with van der Waals surface area (Å²) in [5.41, 5.74) is 1.92. The van der Waals surface area contributed by atoms with Gasteiger partial charge in [-0.1, -0.05) is 40.2 Å². The minimum absolute atomic E-state index is 0.0771. The van der Waals surface area contributed by atoms with Crippen molar-refractivity contribution in [3.63, 3.8) is 0 Å². The predicted octanol–water partition coefficient (Wildman–Crippen LogP) is 3.29. The van der Waals surface area contributed by atoms with Crippen LogP contribution in [0, 0.1) is 6.92 Å².